The molecule has 0 spiro atoms. The zero-order chi connectivity index (χ0) is 13.5. The van der Waals surface area contributed by atoms with Gasteiger partial charge in [-0.05, 0) is 32.9 Å². The maximum atomic E-state index is 11.8. The van der Waals surface area contributed by atoms with Crippen molar-refractivity contribution in [1.82, 2.24) is 5.32 Å². The van der Waals surface area contributed by atoms with E-state index in [0.29, 0.717) is 5.69 Å². The fourth-order valence-corrected chi connectivity index (χ4v) is 1.23. The quantitative estimate of drug-likeness (QED) is 0.630. The fraction of sp³-hybridized carbons (Fsp3) is 0.286. The van der Waals surface area contributed by atoms with Crippen LogP contribution in [-0.4, -0.2) is 11.9 Å². The second-order valence-electron chi connectivity index (χ2n) is 4.31. The minimum Gasteiger partial charge on any atom is -0.387 e. The second-order valence-corrected chi connectivity index (χ2v) is 4.31. The number of nitriles is 1. The van der Waals surface area contributed by atoms with E-state index >= 15 is 0 Å². The monoisotopic (exact) mass is 243 g/mol. The van der Waals surface area contributed by atoms with Gasteiger partial charge in [0.05, 0.1) is 0 Å². The molecule has 0 aliphatic carbocycles. The number of amides is 1. The molecule has 0 aliphatic rings. The minimum absolute atomic E-state index is 0.0595. The van der Waals surface area contributed by atoms with Gasteiger partial charge in [0.1, 0.15) is 11.6 Å². The number of hydrogen-bond donors (Lipinski definition) is 2. The van der Waals surface area contributed by atoms with Gasteiger partial charge in [-0.2, -0.15) is 5.26 Å². The predicted octanol–water partition coefficient (Wildman–Crippen LogP) is 2.34. The van der Waals surface area contributed by atoms with Gasteiger partial charge in [-0.1, -0.05) is 17.7 Å². The van der Waals surface area contributed by atoms with Crippen LogP contribution in [0.2, 0.25) is 0 Å². The molecule has 0 fully saturated rings. The Bertz CT molecular complexity index is 481. The summed E-state index contributed by atoms with van der Waals surface area (Å²) in [7, 11) is 0. The third-order valence-electron chi connectivity index (χ3n) is 2.24. The molecule has 1 amide bonds. The van der Waals surface area contributed by atoms with Crippen molar-refractivity contribution < 1.29 is 4.79 Å². The average Bonchev–Trinajstić information content (AvgIpc) is 2.32. The Morgan fingerprint density at radius 3 is 2.44 bits per heavy atom. The molecule has 1 aromatic carbocycles. The van der Waals surface area contributed by atoms with Crippen LogP contribution < -0.4 is 10.6 Å². The van der Waals surface area contributed by atoms with E-state index < -0.39 is 5.91 Å². The molecule has 0 saturated heterocycles. The number of carbonyl (C=O) groups is 1. The van der Waals surface area contributed by atoms with Crippen LogP contribution in [0.25, 0.3) is 0 Å². The number of carbonyl (C=O) groups excluding carboxylic acids is 1. The maximum absolute atomic E-state index is 11.8. The van der Waals surface area contributed by atoms with E-state index in [4.69, 9.17) is 5.26 Å². The molecule has 1 aromatic rings. The predicted molar refractivity (Wildman–Crippen MR) is 71.8 cm³/mol. The maximum Gasteiger partial charge on any atom is 0.267 e. The summed E-state index contributed by atoms with van der Waals surface area (Å²) >= 11 is 0. The van der Waals surface area contributed by atoms with Gasteiger partial charge in [0.15, 0.2) is 0 Å². The number of rotatable bonds is 4. The molecule has 0 saturated carbocycles. The number of nitrogens with zero attached hydrogens (tertiary/aromatic N) is 1. The molecule has 0 atom stereocenters. The first kappa shape index (κ1) is 13.8. The van der Waals surface area contributed by atoms with Crippen molar-refractivity contribution in [3.8, 4) is 6.07 Å². The van der Waals surface area contributed by atoms with Crippen molar-refractivity contribution in [3.05, 3.63) is 41.6 Å². The van der Waals surface area contributed by atoms with Gasteiger partial charge in [-0.3, -0.25) is 4.79 Å². The lowest BCUT2D eigenvalue weighted by Gasteiger charge is -2.07. The Kier molecular flexibility index (Phi) is 4.94. The standard InChI is InChI=1S/C14H17N3O/c1-10(2)16-9-12(8-15)14(18)17-13-6-4-11(3)5-7-13/h4-7,9-10,16H,1-3H3,(H,17,18)/b12-9-. The molecular weight excluding hydrogens is 226 g/mol. The summed E-state index contributed by atoms with van der Waals surface area (Å²) in [5, 5.41) is 14.5. The highest BCUT2D eigenvalue weighted by molar-refractivity contribution is 6.06. The summed E-state index contributed by atoms with van der Waals surface area (Å²) < 4.78 is 0. The van der Waals surface area contributed by atoms with Crippen LogP contribution in [0.1, 0.15) is 19.4 Å². The normalized spacial score (nSPS) is 10.9. The molecule has 4 heteroatoms. The summed E-state index contributed by atoms with van der Waals surface area (Å²) in [6.07, 6.45) is 1.44. The lowest BCUT2D eigenvalue weighted by Crippen LogP contribution is -2.20. The summed E-state index contributed by atoms with van der Waals surface area (Å²) in [4.78, 5) is 11.8. The molecule has 0 unspecified atom stereocenters. The van der Waals surface area contributed by atoms with Gasteiger partial charge in [-0.25, -0.2) is 0 Å². The molecule has 2 N–H and O–H groups in total. The molecule has 0 radical (unpaired) electrons. The summed E-state index contributed by atoms with van der Waals surface area (Å²) in [5.74, 6) is -0.408. The number of aryl methyl sites for hydroxylation is 1. The van der Waals surface area contributed by atoms with Crippen molar-refractivity contribution in [1.29, 1.82) is 5.26 Å². The van der Waals surface area contributed by atoms with E-state index in [-0.39, 0.29) is 11.6 Å². The minimum atomic E-state index is -0.408. The third kappa shape index (κ3) is 4.30. The lowest BCUT2D eigenvalue weighted by atomic mass is 10.2. The molecule has 94 valence electrons. The zero-order valence-corrected chi connectivity index (χ0v) is 10.8. The Labute approximate surface area is 107 Å². The molecular formula is C14H17N3O. The van der Waals surface area contributed by atoms with Gasteiger partial charge in [0.25, 0.3) is 5.91 Å². The Hall–Kier alpha value is -2.28. The molecule has 4 nitrogen and oxygen atoms in total. The zero-order valence-electron chi connectivity index (χ0n) is 10.8. The van der Waals surface area contributed by atoms with Crippen molar-refractivity contribution >= 4 is 11.6 Å². The highest BCUT2D eigenvalue weighted by atomic mass is 16.1. The van der Waals surface area contributed by atoms with Crippen LogP contribution in [0.15, 0.2) is 36.0 Å². The van der Waals surface area contributed by atoms with Crippen LogP contribution in [-0.2, 0) is 4.79 Å². The first-order valence-electron chi connectivity index (χ1n) is 5.77. The van der Waals surface area contributed by atoms with Crippen LogP contribution in [0.4, 0.5) is 5.69 Å². The van der Waals surface area contributed by atoms with E-state index in [9.17, 15) is 4.79 Å². The first-order valence-corrected chi connectivity index (χ1v) is 5.77. The Balaban J connectivity index is 2.72. The summed E-state index contributed by atoms with van der Waals surface area (Å²) in [5.41, 5.74) is 1.85. The van der Waals surface area contributed by atoms with Crippen molar-refractivity contribution in [2.45, 2.75) is 26.8 Å². The molecule has 18 heavy (non-hydrogen) atoms. The largest absolute Gasteiger partial charge is 0.387 e. The van der Waals surface area contributed by atoms with E-state index in [2.05, 4.69) is 10.6 Å². The molecule has 1 rings (SSSR count). The van der Waals surface area contributed by atoms with Gasteiger partial charge < -0.3 is 10.6 Å². The van der Waals surface area contributed by atoms with Gasteiger partial charge in [0, 0.05) is 17.9 Å². The smallest absolute Gasteiger partial charge is 0.267 e. The Morgan fingerprint density at radius 2 is 1.94 bits per heavy atom. The van der Waals surface area contributed by atoms with Gasteiger partial charge >= 0.3 is 0 Å². The topological polar surface area (TPSA) is 64.9 Å². The fourth-order valence-electron chi connectivity index (χ4n) is 1.23. The average molecular weight is 243 g/mol. The van der Waals surface area contributed by atoms with E-state index in [1.807, 2.05) is 39.0 Å². The third-order valence-corrected chi connectivity index (χ3v) is 2.24. The van der Waals surface area contributed by atoms with Gasteiger partial charge in [-0.15, -0.1) is 0 Å². The lowest BCUT2D eigenvalue weighted by molar-refractivity contribution is -0.112. The van der Waals surface area contributed by atoms with Crippen molar-refractivity contribution in [2.24, 2.45) is 0 Å². The molecule has 0 heterocycles. The highest BCUT2D eigenvalue weighted by Gasteiger charge is 2.09. The molecule has 0 aromatic heterocycles. The SMILES string of the molecule is Cc1ccc(NC(=O)/C(C#N)=C\NC(C)C)cc1. The summed E-state index contributed by atoms with van der Waals surface area (Å²) in [6, 6.07) is 9.46. The Morgan fingerprint density at radius 1 is 1.33 bits per heavy atom. The van der Waals surface area contributed by atoms with Crippen LogP contribution in [0.5, 0.6) is 0 Å². The number of benzene rings is 1. The van der Waals surface area contributed by atoms with Crippen molar-refractivity contribution in [2.75, 3.05) is 5.32 Å². The summed E-state index contributed by atoms with van der Waals surface area (Å²) in [6.45, 7) is 5.84. The molecule has 0 aliphatic heterocycles. The first-order chi connectivity index (χ1) is 8.52. The van der Waals surface area contributed by atoms with Gasteiger partial charge in [0.2, 0.25) is 0 Å². The van der Waals surface area contributed by atoms with Crippen LogP contribution >= 0.6 is 0 Å². The van der Waals surface area contributed by atoms with Crippen molar-refractivity contribution in [3.63, 3.8) is 0 Å². The molecule has 0 bridgehead atoms. The van der Waals surface area contributed by atoms with Crippen LogP contribution in [0, 0.1) is 18.3 Å². The number of nitrogens with one attached hydrogen (secondary N) is 2. The highest BCUT2D eigenvalue weighted by Crippen LogP contribution is 2.09. The number of anilines is 1. The van der Waals surface area contributed by atoms with E-state index in [1.54, 1.807) is 12.1 Å². The van der Waals surface area contributed by atoms with E-state index in [1.165, 1.54) is 6.20 Å². The number of hydrogen-bond acceptors (Lipinski definition) is 3. The van der Waals surface area contributed by atoms with E-state index in [0.717, 1.165) is 5.56 Å². The second kappa shape index (κ2) is 6.45. The van der Waals surface area contributed by atoms with Crippen LogP contribution in [0.3, 0.4) is 0 Å².